The van der Waals surface area contributed by atoms with Gasteiger partial charge in [-0.05, 0) is 71.8 Å². The van der Waals surface area contributed by atoms with Crippen molar-refractivity contribution in [2.24, 2.45) is 0 Å². The molecule has 1 unspecified atom stereocenters. The van der Waals surface area contributed by atoms with Gasteiger partial charge in [0, 0.05) is 71.5 Å². The zero-order valence-corrected chi connectivity index (χ0v) is 32.3. The van der Waals surface area contributed by atoms with Crippen LogP contribution in [0.1, 0.15) is 27.8 Å². The minimum absolute atomic E-state index is 0.145. The van der Waals surface area contributed by atoms with E-state index in [-0.39, 0.29) is 18.9 Å². The van der Waals surface area contributed by atoms with E-state index in [0.717, 1.165) is 65.6 Å². The first-order chi connectivity index (χ1) is 26.9. The molecule has 9 nitrogen and oxygen atoms in total. The van der Waals surface area contributed by atoms with E-state index in [9.17, 15) is 22.8 Å². The molecule has 0 N–H and O–H groups in total. The highest BCUT2D eigenvalue weighted by molar-refractivity contribution is 5.95. The number of hydrogen-bond acceptors (Lipinski definition) is 7. The fraction of sp³-hybridized carbons (Fsp3) is 0.364. The number of amides is 2. The maximum atomic E-state index is 14.6. The number of ether oxygens (including phenoxy) is 2. The monoisotopic (exact) mass is 769 g/mol. The third kappa shape index (κ3) is 10.7. The van der Waals surface area contributed by atoms with Gasteiger partial charge >= 0.3 is 6.18 Å². The molecule has 2 aliphatic rings. The lowest BCUT2D eigenvalue weighted by molar-refractivity contribution is -0.143. The molecule has 2 amide bonds. The van der Waals surface area contributed by atoms with Crippen molar-refractivity contribution in [3.63, 3.8) is 0 Å². The molecule has 12 heteroatoms. The van der Waals surface area contributed by atoms with Crippen LogP contribution in [-0.4, -0.2) is 106 Å². The fourth-order valence-corrected chi connectivity index (χ4v) is 6.96. The van der Waals surface area contributed by atoms with Crippen LogP contribution in [-0.2, 0) is 40.0 Å². The van der Waals surface area contributed by atoms with Crippen molar-refractivity contribution in [2.45, 2.75) is 31.7 Å². The molecule has 4 aromatic carbocycles. The van der Waals surface area contributed by atoms with Crippen molar-refractivity contribution in [1.82, 2.24) is 14.7 Å². The van der Waals surface area contributed by atoms with Gasteiger partial charge < -0.3 is 34.0 Å². The highest BCUT2D eigenvalue weighted by Gasteiger charge is 2.32. The molecule has 0 radical (unpaired) electrons. The van der Waals surface area contributed by atoms with Crippen molar-refractivity contribution in [2.75, 3.05) is 83.5 Å². The second-order valence-electron chi connectivity index (χ2n) is 14.5. The van der Waals surface area contributed by atoms with Crippen LogP contribution in [0.25, 0.3) is 6.08 Å². The molecule has 1 atom stereocenters. The molecule has 0 aromatic heterocycles. The van der Waals surface area contributed by atoms with Gasteiger partial charge in [0.15, 0.2) is 0 Å². The number of rotatable bonds is 14. The topological polar surface area (TPSA) is 68.8 Å². The Morgan fingerprint density at radius 2 is 1.50 bits per heavy atom. The van der Waals surface area contributed by atoms with E-state index in [1.54, 1.807) is 16.8 Å². The SMILES string of the molecule is CN(CCN(C)C(=O)C(Cc1ccccc1)N(Cc1ccc(N2CCOCC2)cc1)C(=O)C=Cc1ccc(C(F)(F)F)cc1)Cc1ccc2c(c1)OCCN2C. The molecular formula is C44H50F3N5O4. The molecule has 4 aromatic rings. The highest BCUT2D eigenvalue weighted by atomic mass is 19.4. The van der Waals surface area contributed by atoms with Crippen molar-refractivity contribution < 1.29 is 32.2 Å². The number of carbonyl (C=O) groups excluding carboxylic acids is 2. The summed E-state index contributed by atoms with van der Waals surface area (Å²) < 4.78 is 51.1. The van der Waals surface area contributed by atoms with E-state index in [1.165, 1.54) is 24.3 Å². The number of nitrogens with zero attached hydrogens (tertiary/aromatic N) is 5. The second-order valence-corrected chi connectivity index (χ2v) is 14.5. The molecule has 2 heterocycles. The molecule has 0 bridgehead atoms. The molecule has 56 heavy (non-hydrogen) atoms. The Balaban J connectivity index is 1.22. The maximum Gasteiger partial charge on any atom is 0.416 e. The molecule has 1 saturated heterocycles. The molecular weight excluding hydrogens is 720 g/mol. The van der Waals surface area contributed by atoms with Crippen LogP contribution < -0.4 is 14.5 Å². The predicted octanol–water partition coefficient (Wildman–Crippen LogP) is 6.61. The third-order valence-electron chi connectivity index (χ3n) is 10.3. The first-order valence-corrected chi connectivity index (χ1v) is 19.0. The zero-order chi connectivity index (χ0) is 39.7. The number of halogens is 3. The fourth-order valence-electron chi connectivity index (χ4n) is 6.96. The number of anilines is 2. The van der Waals surface area contributed by atoms with Gasteiger partial charge in [-0.1, -0.05) is 60.7 Å². The number of fused-ring (bicyclic) bond motifs is 1. The van der Waals surface area contributed by atoms with E-state index in [2.05, 4.69) is 39.9 Å². The number of morpholine rings is 1. The molecule has 0 spiro atoms. The Morgan fingerprint density at radius 3 is 2.20 bits per heavy atom. The van der Waals surface area contributed by atoms with Crippen molar-refractivity contribution in [1.29, 1.82) is 0 Å². The molecule has 0 saturated carbocycles. The lowest BCUT2D eigenvalue weighted by Gasteiger charge is -2.34. The first-order valence-electron chi connectivity index (χ1n) is 19.0. The molecule has 6 rings (SSSR count). The van der Waals surface area contributed by atoms with Crippen molar-refractivity contribution in [3.05, 3.63) is 131 Å². The quantitative estimate of drug-likeness (QED) is 0.134. The Bertz CT molecular complexity index is 1930. The zero-order valence-electron chi connectivity index (χ0n) is 32.3. The normalized spacial score (nSPS) is 15.1. The number of hydrogen-bond donors (Lipinski definition) is 0. The first kappa shape index (κ1) is 40.3. The summed E-state index contributed by atoms with van der Waals surface area (Å²) in [7, 11) is 5.82. The summed E-state index contributed by atoms with van der Waals surface area (Å²) in [5, 5.41) is 0. The summed E-state index contributed by atoms with van der Waals surface area (Å²) >= 11 is 0. The number of likely N-dealkylation sites (N-methyl/N-ethyl adjacent to an activating group) is 3. The van der Waals surface area contributed by atoms with E-state index < -0.39 is 23.7 Å². The Kier molecular flexibility index (Phi) is 13.4. The molecule has 2 aliphatic heterocycles. The summed E-state index contributed by atoms with van der Waals surface area (Å²) in [5.74, 6) is 0.226. The van der Waals surface area contributed by atoms with Gasteiger partial charge in [-0.15, -0.1) is 0 Å². The van der Waals surface area contributed by atoms with Crippen LogP contribution in [0.4, 0.5) is 24.5 Å². The van der Waals surface area contributed by atoms with E-state index in [0.29, 0.717) is 45.0 Å². The van der Waals surface area contributed by atoms with E-state index in [1.807, 2.05) is 61.6 Å². The van der Waals surface area contributed by atoms with E-state index in [4.69, 9.17) is 9.47 Å². The summed E-state index contributed by atoms with van der Waals surface area (Å²) in [6, 6.07) is 27.6. The summed E-state index contributed by atoms with van der Waals surface area (Å²) in [6.07, 6.45) is -1.37. The number of carbonyl (C=O) groups is 2. The minimum atomic E-state index is -4.47. The van der Waals surface area contributed by atoms with Crippen LogP contribution in [0.5, 0.6) is 5.75 Å². The second kappa shape index (κ2) is 18.5. The van der Waals surface area contributed by atoms with Gasteiger partial charge in [-0.2, -0.15) is 13.2 Å². The summed E-state index contributed by atoms with van der Waals surface area (Å²) in [5.41, 5.74) is 4.62. The number of alkyl halides is 3. The van der Waals surface area contributed by atoms with Crippen molar-refractivity contribution in [3.8, 4) is 5.75 Å². The van der Waals surface area contributed by atoms with Crippen LogP contribution in [0.3, 0.4) is 0 Å². The van der Waals surface area contributed by atoms with Gasteiger partial charge in [0.2, 0.25) is 11.8 Å². The molecule has 1 fully saturated rings. The average molecular weight is 770 g/mol. The number of benzene rings is 4. The molecule has 296 valence electrons. The Labute approximate surface area is 327 Å². The van der Waals surface area contributed by atoms with Gasteiger partial charge in [0.25, 0.3) is 0 Å². The van der Waals surface area contributed by atoms with Crippen LogP contribution in [0, 0.1) is 0 Å². The highest BCUT2D eigenvalue weighted by Crippen LogP contribution is 2.32. The van der Waals surface area contributed by atoms with Gasteiger partial charge in [0.05, 0.1) is 31.0 Å². The van der Waals surface area contributed by atoms with Gasteiger partial charge in [-0.3, -0.25) is 9.59 Å². The largest absolute Gasteiger partial charge is 0.490 e. The predicted molar refractivity (Wildman–Crippen MR) is 214 cm³/mol. The smallest absolute Gasteiger partial charge is 0.416 e. The lowest BCUT2D eigenvalue weighted by atomic mass is 10.0. The Morgan fingerprint density at radius 1 is 0.804 bits per heavy atom. The average Bonchev–Trinajstić information content (AvgIpc) is 3.21. The Hall–Kier alpha value is -5.33. The van der Waals surface area contributed by atoms with Crippen LogP contribution >= 0.6 is 0 Å². The summed E-state index contributed by atoms with van der Waals surface area (Å²) in [6.45, 7) is 6.18. The van der Waals surface area contributed by atoms with Crippen molar-refractivity contribution >= 4 is 29.3 Å². The third-order valence-corrected chi connectivity index (χ3v) is 10.3. The summed E-state index contributed by atoms with van der Waals surface area (Å²) in [4.78, 5) is 38.6. The van der Waals surface area contributed by atoms with Crippen LogP contribution in [0.2, 0.25) is 0 Å². The standard InChI is InChI=1S/C44H50F3N5O4/c1-48(31-36-13-19-39-41(30-36)56-28-23-49(39)2)21-22-50(3)43(54)40(29-34-7-5-4-6-8-34)52(32-35-11-17-38(18-12-35)51-24-26-55-27-25-51)42(53)20-14-33-9-15-37(16-10-33)44(45,46)47/h4-20,30,40H,21-29,31-32H2,1-3H3. The lowest BCUT2D eigenvalue weighted by Crippen LogP contribution is -2.51. The van der Waals surface area contributed by atoms with Gasteiger partial charge in [-0.25, -0.2) is 0 Å². The maximum absolute atomic E-state index is 14.6. The van der Waals surface area contributed by atoms with E-state index >= 15 is 0 Å². The van der Waals surface area contributed by atoms with Crippen LogP contribution in [0.15, 0.2) is 103 Å². The van der Waals surface area contributed by atoms with Gasteiger partial charge in [0.1, 0.15) is 18.4 Å². The molecule has 0 aliphatic carbocycles. The minimum Gasteiger partial charge on any atom is -0.490 e.